The molecule has 0 radical (unpaired) electrons. The van der Waals surface area contributed by atoms with Crippen LogP contribution in [0.3, 0.4) is 0 Å². The summed E-state index contributed by atoms with van der Waals surface area (Å²) in [6.07, 6.45) is 1.47. The van der Waals surface area contributed by atoms with Crippen LogP contribution in [0.5, 0.6) is 0 Å². The fraction of sp³-hybridized carbons (Fsp3) is 0.267. The topological polar surface area (TPSA) is 79.3 Å². The number of carboxylic acid groups (broad SMARTS) is 1. The number of nitrogens with zero attached hydrogens (tertiary/aromatic N) is 1. The first-order valence-corrected chi connectivity index (χ1v) is 7.53. The number of thiazole rings is 1. The molecule has 5 nitrogen and oxygen atoms in total. The van der Waals surface area contributed by atoms with Crippen LogP contribution in [-0.2, 0) is 12.8 Å². The quantitative estimate of drug-likeness (QED) is 0.858. The van der Waals surface area contributed by atoms with Gasteiger partial charge in [-0.3, -0.25) is 4.79 Å². The number of benzene rings is 1. The van der Waals surface area contributed by atoms with Crippen molar-refractivity contribution in [1.82, 2.24) is 10.3 Å². The molecule has 0 bridgehead atoms. The Morgan fingerprint density at radius 1 is 1.29 bits per heavy atom. The molecule has 110 valence electrons. The number of carbonyl (C=O) groups is 2. The summed E-state index contributed by atoms with van der Waals surface area (Å²) in [5.74, 6) is -1.16. The Bertz CT molecular complexity index is 635. The molecule has 2 aromatic rings. The molecular formula is C15H16N2O3S. The lowest BCUT2D eigenvalue weighted by Crippen LogP contribution is -2.25. The molecular weight excluding hydrogens is 288 g/mol. The summed E-state index contributed by atoms with van der Waals surface area (Å²) in [4.78, 5) is 26.6. The summed E-state index contributed by atoms with van der Waals surface area (Å²) in [6.45, 7) is 2.50. The Balaban J connectivity index is 1.84. The Morgan fingerprint density at radius 2 is 2.00 bits per heavy atom. The molecule has 1 aromatic carbocycles. The second-order valence-electron chi connectivity index (χ2n) is 4.49. The maximum Gasteiger partial charge on any atom is 0.355 e. The van der Waals surface area contributed by atoms with E-state index in [-0.39, 0.29) is 11.6 Å². The number of amides is 1. The molecule has 0 saturated carbocycles. The first-order chi connectivity index (χ1) is 10.1. The number of hydrogen-bond acceptors (Lipinski definition) is 4. The van der Waals surface area contributed by atoms with E-state index in [0.717, 1.165) is 6.42 Å². The van der Waals surface area contributed by atoms with Crippen molar-refractivity contribution < 1.29 is 14.7 Å². The Kier molecular flexibility index (Phi) is 5.05. The molecule has 0 spiro atoms. The number of carboxylic acids is 1. The minimum absolute atomic E-state index is 0.0523. The highest BCUT2D eigenvalue weighted by Crippen LogP contribution is 2.10. The van der Waals surface area contributed by atoms with E-state index in [2.05, 4.69) is 17.2 Å². The van der Waals surface area contributed by atoms with Crippen LogP contribution < -0.4 is 5.32 Å². The number of aromatic carboxylic acids is 1. The maximum atomic E-state index is 11.9. The number of rotatable bonds is 6. The molecule has 0 unspecified atom stereocenters. The van der Waals surface area contributed by atoms with Crippen LogP contribution in [0.2, 0.25) is 0 Å². The van der Waals surface area contributed by atoms with Gasteiger partial charge in [-0.05, 0) is 24.1 Å². The van der Waals surface area contributed by atoms with E-state index in [4.69, 9.17) is 5.11 Å². The molecule has 1 heterocycles. The second kappa shape index (κ2) is 6.99. The van der Waals surface area contributed by atoms with Gasteiger partial charge in [0.15, 0.2) is 5.69 Å². The van der Waals surface area contributed by atoms with Crippen molar-refractivity contribution in [2.45, 2.75) is 19.8 Å². The smallest absolute Gasteiger partial charge is 0.355 e. The van der Waals surface area contributed by atoms with Crippen LogP contribution in [0, 0.1) is 0 Å². The Labute approximate surface area is 126 Å². The van der Waals surface area contributed by atoms with Gasteiger partial charge in [-0.2, -0.15) is 0 Å². The van der Waals surface area contributed by atoms with Gasteiger partial charge in [0, 0.05) is 23.9 Å². The molecule has 2 N–H and O–H groups in total. The molecule has 6 heteroatoms. The summed E-state index contributed by atoms with van der Waals surface area (Å²) in [6, 6.07) is 7.49. The van der Waals surface area contributed by atoms with E-state index in [9.17, 15) is 9.59 Å². The van der Waals surface area contributed by atoms with Crippen LogP contribution in [0.1, 0.15) is 38.3 Å². The summed E-state index contributed by atoms with van der Waals surface area (Å²) >= 11 is 1.29. The molecule has 0 aliphatic rings. The fourth-order valence-electron chi connectivity index (χ4n) is 1.80. The van der Waals surface area contributed by atoms with Crippen molar-refractivity contribution in [2.24, 2.45) is 0 Å². The monoisotopic (exact) mass is 304 g/mol. The first kappa shape index (κ1) is 15.2. The third kappa shape index (κ3) is 4.13. The number of carbonyl (C=O) groups excluding carboxylic acids is 1. The van der Waals surface area contributed by atoms with Gasteiger partial charge in [0.05, 0.1) is 5.01 Å². The lowest BCUT2D eigenvalue weighted by atomic mass is 10.1. The molecule has 21 heavy (non-hydrogen) atoms. The summed E-state index contributed by atoms with van der Waals surface area (Å²) in [5.41, 5.74) is 1.87. The van der Waals surface area contributed by atoms with E-state index in [1.807, 2.05) is 12.1 Å². The lowest BCUT2D eigenvalue weighted by Gasteiger charge is -2.04. The molecule has 1 amide bonds. The highest BCUT2D eigenvalue weighted by Gasteiger charge is 2.09. The van der Waals surface area contributed by atoms with Crippen molar-refractivity contribution in [2.75, 3.05) is 6.54 Å². The van der Waals surface area contributed by atoms with Gasteiger partial charge in [-0.25, -0.2) is 9.78 Å². The summed E-state index contributed by atoms with van der Waals surface area (Å²) in [5, 5.41) is 13.8. The summed E-state index contributed by atoms with van der Waals surface area (Å²) < 4.78 is 0. The van der Waals surface area contributed by atoms with Crippen LogP contribution in [0.15, 0.2) is 29.6 Å². The van der Waals surface area contributed by atoms with Crippen molar-refractivity contribution in [3.05, 3.63) is 51.5 Å². The van der Waals surface area contributed by atoms with Crippen molar-refractivity contribution in [3.63, 3.8) is 0 Å². The van der Waals surface area contributed by atoms with Gasteiger partial charge >= 0.3 is 5.97 Å². The van der Waals surface area contributed by atoms with Crippen molar-refractivity contribution >= 4 is 23.2 Å². The van der Waals surface area contributed by atoms with Crippen LogP contribution in [0.25, 0.3) is 0 Å². The Morgan fingerprint density at radius 3 is 2.57 bits per heavy atom. The first-order valence-electron chi connectivity index (χ1n) is 6.65. The fourth-order valence-corrected chi connectivity index (χ4v) is 2.57. The standard InChI is InChI=1S/C15H16N2O3S/c1-2-10-3-5-11(6-4-10)14(18)16-8-7-13-17-12(9-21-13)15(19)20/h3-6,9H,2,7-8H2,1H3,(H,16,18)(H,19,20). The predicted molar refractivity (Wildman–Crippen MR) is 80.9 cm³/mol. The minimum Gasteiger partial charge on any atom is -0.476 e. The van der Waals surface area contributed by atoms with Crippen LogP contribution in [0.4, 0.5) is 0 Å². The lowest BCUT2D eigenvalue weighted by molar-refractivity contribution is 0.0690. The zero-order chi connectivity index (χ0) is 15.2. The highest BCUT2D eigenvalue weighted by atomic mass is 32.1. The third-order valence-corrected chi connectivity index (χ3v) is 3.93. The van der Waals surface area contributed by atoms with Gasteiger partial charge < -0.3 is 10.4 Å². The van der Waals surface area contributed by atoms with E-state index in [1.165, 1.54) is 22.3 Å². The average molecular weight is 304 g/mol. The maximum absolute atomic E-state index is 11.9. The SMILES string of the molecule is CCc1ccc(C(=O)NCCc2nc(C(=O)O)cs2)cc1. The largest absolute Gasteiger partial charge is 0.476 e. The van der Waals surface area contributed by atoms with Crippen LogP contribution in [-0.4, -0.2) is 28.5 Å². The average Bonchev–Trinajstić information content (AvgIpc) is 2.96. The molecule has 0 fully saturated rings. The van der Waals surface area contributed by atoms with E-state index in [1.54, 1.807) is 12.1 Å². The zero-order valence-corrected chi connectivity index (χ0v) is 12.4. The van der Waals surface area contributed by atoms with Crippen molar-refractivity contribution in [1.29, 1.82) is 0 Å². The minimum atomic E-state index is -1.03. The number of nitrogens with one attached hydrogen (secondary N) is 1. The molecule has 0 aliphatic heterocycles. The number of aryl methyl sites for hydroxylation is 1. The normalized spacial score (nSPS) is 10.3. The van der Waals surface area contributed by atoms with Gasteiger partial charge in [0.2, 0.25) is 0 Å². The molecule has 0 saturated heterocycles. The Hall–Kier alpha value is -2.21. The van der Waals surface area contributed by atoms with Crippen LogP contribution >= 0.6 is 11.3 Å². The van der Waals surface area contributed by atoms with E-state index in [0.29, 0.717) is 23.5 Å². The molecule has 1 aromatic heterocycles. The van der Waals surface area contributed by atoms with Gasteiger partial charge in [0.25, 0.3) is 5.91 Å². The van der Waals surface area contributed by atoms with Gasteiger partial charge in [-0.15, -0.1) is 11.3 Å². The molecule has 0 atom stereocenters. The zero-order valence-electron chi connectivity index (χ0n) is 11.6. The number of hydrogen-bond donors (Lipinski definition) is 2. The molecule has 0 aliphatic carbocycles. The third-order valence-electron chi connectivity index (χ3n) is 3.02. The van der Waals surface area contributed by atoms with E-state index < -0.39 is 5.97 Å². The van der Waals surface area contributed by atoms with E-state index >= 15 is 0 Å². The number of aromatic nitrogens is 1. The summed E-state index contributed by atoms with van der Waals surface area (Å²) in [7, 11) is 0. The predicted octanol–water partition coefficient (Wildman–Crippen LogP) is 2.38. The highest BCUT2D eigenvalue weighted by molar-refractivity contribution is 7.09. The van der Waals surface area contributed by atoms with Gasteiger partial charge in [0.1, 0.15) is 0 Å². The van der Waals surface area contributed by atoms with Crippen molar-refractivity contribution in [3.8, 4) is 0 Å². The molecule has 2 rings (SSSR count). The van der Waals surface area contributed by atoms with Gasteiger partial charge in [-0.1, -0.05) is 19.1 Å². The second-order valence-corrected chi connectivity index (χ2v) is 5.43.